The van der Waals surface area contributed by atoms with E-state index in [4.69, 9.17) is 11.6 Å². The highest BCUT2D eigenvalue weighted by atomic mass is 35.5. The van der Waals surface area contributed by atoms with E-state index in [9.17, 15) is 18.0 Å². The van der Waals surface area contributed by atoms with E-state index in [0.29, 0.717) is 17.1 Å². The Morgan fingerprint density at radius 3 is 2.20 bits per heavy atom. The molecule has 0 unspecified atom stereocenters. The topological polar surface area (TPSA) is 86.8 Å². The highest BCUT2D eigenvalue weighted by Crippen LogP contribution is 2.24. The summed E-state index contributed by atoms with van der Waals surface area (Å²) in [5.74, 6) is -0.693. The van der Waals surface area contributed by atoms with E-state index in [-0.39, 0.29) is 18.5 Å². The molecule has 212 valence electrons. The van der Waals surface area contributed by atoms with E-state index >= 15 is 0 Å². The van der Waals surface area contributed by atoms with E-state index in [1.54, 1.807) is 24.3 Å². The van der Waals surface area contributed by atoms with E-state index < -0.39 is 28.5 Å². The molecular weight excluding hydrogens is 546 g/mol. The van der Waals surface area contributed by atoms with Crippen molar-refractivity contribution >= 4 is 39.1 Å². The molecule has 1 saturated carbocycles. The zero-order valence-corrected chi connectivity index (χ0v) is 24.5. The molecule has 0 spiro atoms. The van der Waals surface area contributed by atoms with Gasteiger partial charge >= 0.3 is 0 Å². The van der Waals surface area contributed by atoms with Crippen LogP contribution >= 0.6 is 11.6 Å². The predicted octanol–water partition coefficient (Wildman–Crippen LogP) is 5.11. The second-order valence-electron chi connectivity index (χ2n) is 10.4. The Balaban J connectivity index is 1.72. The molecule has 0 aromatic heterocycles. The molecule has 0 aliphatic heterocycles. The van der Waals surface area contributed by atoms with Crippen molar-refractivity contribution in [2.75, 3.05) is 17.1 Å². The van der Waals surface area contributed by atoms with E-state index in [2.05, 4.69) is 5.32 Å². The Labute approximate surface area is 242 Å². The zero-order chi connectivity index (χ0) is 28.7. The van der Waals surface area contributed by atoms with Gasteiger partial charge in [-0.2, -0.15) is 0 Å². The number of sulfonamides is 1. The third-order valence-corrected chi connectivity index (χ3v) is 8.76. The lowest BCUT2D eigenvalue weighted by Crippen LogP contribution is -2.54. The Morgan fingerprint density at radius 1 is 0.950 bits per heavy atom. The highest BCUT2D eigenvalue weighted by Gasteiger charge is 2.34. The SMILES string of the molecule is Cc1ccccc1CN(C(=O)CN(c1ccc(Cl)cc1)S(C)(=O)=O)[C@@H](Cc1ccccc1)C(=O)NC1CCCC1. The smallest absolute Gasteiger partial charge is 0.244 e. The summed E-state index contributed by atoms with van der Waals surface area (Å²) < 4.78 is 26.8. The Kier molecular flexibility index (Phi) is 9.87. The average Bonchev–Trinajstić information content (AvgIpc) is 3.44. The molecule has 1 N–H and O–H groups in total. The number of rotatable bonds is 11. The molecule has 0 heterocycles. The highest BCUT2D eigenvalue weighted by molar-refractivity contribution is 7.92. The molecule has 1 fully saturated rings. The van der Waals surface area contributed by atoms with Crippen LogP contribution in [-0.2, 0) is 32.6 Å². The lowest BCUT2D eigenvalue weighted by molar-refractivity contribution is -0.140. The van der Waals surface area contributed by atoms with Gasteiger partial charge in [-0.3, -0.25) is 13.9 Å². The van der Waals surface area contributed by atoms with Crippen molar-refractivity contribution in [2.24, 2.45) is 0 Å². The molecule has 0 bridgehead atoms. The Morgan fingerprint density at radius 2 is 1.57 bits per heavy atom. The standard InChI is InChI=1S/C31H36ClN3O4S/c1-23-10-6-7-13-25(23)21-34(30(36)22-35(40(2,38)39)28-18-16-26(32)17-19-28)29(20-24-11-4-3-5-12-24)31(37)33-27-14-8-9-15-27/h3-7,10-13,16-19,27,29H,8-9,14-15,20-22H2,1-2H3,(H,33,37)/t29-/m0/s1. The number of anilines is 1. The minimum atomic E-state index is -3.82. The van der Waals surface area contributed by atoms with Gasteiger partial charge in [-0.25, -0.2) is 8.42 Å². The fourth-order valence-corrected chi connectivity index (χ4v) is 6.09. The molecule has 1 aliphatic rings. The number of hydrogen-bond acceptors (Lipinski definition) is 4. The van der Waals surface area contributed by atoms with Crippen LogP contribution in [0.4, 0.5) is 5.69 Å². The summed E-state index contributed by atoms with van der Waals surface area (Å²) in [7, 11) is -3.82. The van der Waals surface area contributed by atoms with Crippen molar-refractivity contribution in [3.05, 3.63) is 101 Å². The normalized spacial score (nSPS) is 14.5. The first-order valence-electron chi connectivity index (χ1n) is 13.5. The molecule has 0 saturated heterocycles. The van der Waals surface area contributed by atoms with Gasteiger partial charge in [0.25, 0.3) is 0 Å². The first-order chi connectivity index (χ1) is 19.1. The summed E-state index contributed by atoms with van der Waals surface area (Å²) >= 11 is 6.03. The number of carbonyl (C=O) groups excluding carboxylic acids is 2. The lowest BCUT2D eigenvalue weighted by atomic mass is 10.0. The molecule has 1 aliphatic carbocycles. The first-order valence-corrected chi connectivity index (χ1v) is 15.8. The van der Waals surface area contributed by atoms with Crippen molar-refractivity contribution in [2.45, 2.75) is 57.7 Å². The maximum atomic E-state index is 14.1. The number of amides is 2. The van der Waals surface area contributed by atoms with Gasteiger partial charge in [-0.1, -0.05) is 79.0 Å². The number of nitrogens with one attached hydrogen (secondary N) is 1. The van der Waals surface area contributed by atoms with Crippen LogP contribution in [0.25, 0.3) is 0 Å². The van der Waals surface area contributed by atoms with Gasteiger partial charge in [0.05, 0.1) is 11.9 Å². The largest absolute Gasteiger partial charge is 0.352 e. The summed E-state index contributed by atoms with van der Waals surface area (Å²) in [6, 6.07) is 22.8. The molecule has 2 amide bonds. The summed E-state index contributed by atoms with van der Waals surface area (Å²) in [4.78, 5) is 29.5. The van der Waals surface area contributed by atoms with Crippen LogP contribution in [0.1, 0.15) is 42.4 Å². The first kappa shape index (κ1) is 29.6. The van der Waals surface area contributed by atoms with Crippen LogP contribution < -0.4 is 9.62 Å². The minimum Gasteiger partial charge on any atom is -0.352 e. The van der Waals surface area contributed by atoms with Gasteiger partial charge in [0.1, 0.15) is 12.6 Å². The third-order valence-electron chi connectivity index (χ3n) is 7.37. The van der Waals surface area contributed by atoms with Crippen molar-refractivity contribution in [3.8, 4) is 0 Å². The van der Waals surface area contributed by atoms with Gasteiger partial charge in [0, 0.05) is 24.0 Å². The molecular formula is C31H36ClN3O4S. The van der Waals surface area contributed by atoms with Crippen LogP contribution in [-0.4, -0.2) is 50.0 Å². The number of nitrogens with zero attached hydrogens (tertiary/aromatic N) is 2. The molecule has 1 atom stereocenters. The number of hydrogen-bond donors (Lipinski definition) is 1. The second kappa shape index (κ2) is 13.3. The van der Waals surface area contributed by atoms with Crippen LogP contribution in [0.15, 0.2) is 78.9 Å². The molecule has 0 radical (unpaired) electrons. The average molecular weight is 582 g/mol. The molecule has 4 rings (SSSR count). The minimum absolute atomic E-state index is 0.0720. The van der Waals surface area contributed by atoms with Gasteiger partial charge < -0.3 is 10.2 Å². The quantitative estimate of drug-likeness (QED) is 0.341. The lowest BCUT2D eigenvalue weighted by Gasteiger charge is -2.34. The van der Waals surface area contributed by atoms with E-state index in [1.165, 1.54) is 4.90 Å². The Bertz CT molecular complexity index is 1410. The number of carbonyl (C=O) groups is 2. The van der Waals surface area contributed by atoms with Gasteiger partial charge in [0.15, 0.2) is 0 Å². The number of halogens is 1. The maximum Gasteiger partial charge on any atom is 0.244 e. The van der Waals surface area contributed by atoms with E-state index in [0.717, 1.165) is 52.9 Å². The molecule has 7 nitrogen and oxygen atoms in total. The molecule has 3 aromatic carbocycles. The fraction of sp³-hybridized carbons (Fsp3) is 0.355. The third kappa shape index (κ3) is 7.86. The van der Waals surface area contributed by atoms with E-state index in [1.807, 2.05) is 61.5 Å². The van der Waals surface area contributed by atoms with Gasteiger partial charge in [0.2, 0.25) is 21.8 Å². The van der Waals surface area contributed by atoms with Crippen LogP contribution in [0.5, 0.6) is 0 Å². The molecule has 3 aromatic rings. The zero-order valence-electron chi connectivity index (χ0n) is 22.9. The number of benzene rings is 3. The van der Waals surface area contributed by atoms with Crippen molar-refractivity contribution in [1.82, 2.24) is 10.2 Å². The maximum absolute atomic E-state index is 14.1. The fourth-order valence-electron chi connectivity index (χ4n) is 5.11. The summed E-state index contributed by atoms with van der Waals surface area (Å²) in [6.07, 6.45) is 5.31. The predicted molar refractivity (Wildman–Crippen MR) is 160 cm³/mol. The Hall–Kier alpha value is -3.36. The summed E-state index contributed by atoms with van der Waals surface area (Å²) in [5.41, 5.74) is 3.10. The van der Waals surface area contributed by atoms with Crippen LogP contribution in [0, 0.1) is 6.92 Å². The van der Waals surface area contributed by atoms with Crippen molar-refractivity contribution in [1.29, 1.82) is 0 Å². The van der Waals surface area contributed by atoms with Crippen molar-refractivity contribution in [3.63, 3.8) is 0 Å². The van der Waals surface area contributed by atoms with Crippen LogP contribution in [0.2, 0.25) is 5.02 Å². The van der Waals surface area contributed by atoms with Gasteiger partial charge in [-0.05, 0) is 60.7 Å². The summed E-state index contributed by atoms with van der Waals surface area (Å²) in [6.45, 7) is 1.67. The molecule has 9 heteroatoms. The summed E-state index contributed by atoms with van der Waals surface area (Å²) in [5, 5.41) is 3.63. The monoisotopic (exact) mass is 581 g/mol. The number of aryl methyl sites for hydroxylation is 1. The molecule has 40 heavy (non-hydrogen) atoms. The second-order valence-corrected chi connectivity index (χ2v) is 12.7. The van der Waals surface area contributed by atoms with Crippen LogP contribution in [0.3, 0.4) is 0 Å². The van der Waals surface area contributed by atoms with Gasteiger partial charge in [-0.15, -0.1) is 0 Å². The van der Waals surface area contributed by atoms with Crippen molar-refractivity contribution < 1.29 is 18.0 Å².